The molecule has 222 valence electrons. The molecule has 4 aromatic rings. The van der Waals surface area contributed by atoms with Crippen molar-refractivity contribution in [1.29, 1.82) is 0 Å². The Labute approximate surface area is 241 Å². The first kappa shape index (κ1) is 28.2. The number of hydrogen-bond acceptors (Lipinski definition) is 10. The van der Waals surface area contributed by atoms with Crippen molar-refractivity contribution in [2.24, 2.45) is 11.8 Å². The largest absolute Gasteiger partial charge is 0.396 e. The molecule has 0 spiro atoms. The molecule has 2 aliphatic carbocycles. The Hall–Kier alpha value is -3.98. The van der Waals surface area contributed by atoms with E-state index >= 15 is 0 Å². The molecule has 15 heteroatoms. The average molecular weight is 600 g/mol. The molecule has 0 atom stereocenters. The standard InChI is InChI=1S/C27H31F2N9O3S/c28-27(29)37-10-8-22(36-37)21-14-32-25(11-23(21)31-12-17-1-3-18(16-39)4-2-17)34-24-7-9-30-26(35-24)19-13-33-38(15-19)42(40,41)20-5-6-20/h7-11,13-15,17-18,20,27,39H,1-6,12,16H2,(H2,30,31,32,34,35). The topological polar surface area (TPSA) is 153 Å². The summed E-state index contributed by atoms with van der Waals surface area (Å²) in [6.07, 6.45) is 12.4. The number of alkyl halides is 2. The average Bonchev–Trinajstić information content (AvgIpc) is 3.53. The van der Waals surface area contributed by atoms with Crippen molar-refractivity contribution in [2.75, 3.05) is 23.8 Å². The first-order valence-electron chi connectivity index (χ1n) is 13.9. The van der Waals surface area contributed by atoms with E-state index in [-0.39, 0.29) is 6.61 Å². The Kier molecular flexibility index (Phi) is 7.86. The Morgan fingerprint density at radius 2 is 1.81 bits per heavy atom. The third kappa shape index (κ3) is 6.11. The first-order chi connectivity index (χ1) is 20.3. The fourth-order valence-corrected chi connectivity index (χ4v) is 6.59. The van der Waals surface area contributed by atoms with Gasteiger partial charge >= 0.3 is 6.55 Å². The van der Waals surface area contributed by atoms with E-state index in [0.717, 1.165) is 29.8 Å². The number of halogens is 2. The summed E-state index contributed by atoms with van der Waals surface area (Å²) in [5.74, 6) is 1.94. The number of aliphatic hydroxyl groups excluding tert-OH is 1. The van der Waals surface area contributed by atoms with Gasteiger partial charge in [0.15, 0.2) is 5.82 Å². The Morgan fingerprint density at radius 1 is 1.02 bits per heavy atom. The molecule has 12 nitrogen and oxygen atoms in total. The van der Waals surface area contributed by atoms with Crippen LogP contribution in [0.15, 0.2) is 49.2 Å². The summed E-state index contributed by atoms with van der Waals surface area (Å²) < 4.78 is 53.0. The minimum atomic E-state index is -3.51. The van der Waals surface area contributed by atoms with Gasteiger partial charge in [-0.15, -0.1) is 0 Å². The number of nitrogens with one attached hydrogen (secondary N) is 2. The van der Waals surface area contributed by atoms with Gasteiger partial charge < -0.3 is 15.7 Å². The lowest BCUT2D eigenvalue weighted by molar-refractivity contribution is 0.0568. The zero-order chi connectivity index (χ0) is 29.3. The summed E-state index contributed by atoms with van der Waals surface area (Å²) in [5, 5.41) is 23.7. The van der Waals surface area contributed by atoms with Crippen LogP contribution < -0.4 is 10.6 Å². The molecule has 4 heterocycles. The molecule has 6 rings (SSSR count). The first-order valence-corrected chi connectivity index (χ1v) is 15.4. The highest BCUT2D eigenvalue weighted by Gasteiger charge is 2.37. The van der Waals surface area contributed by atoms with E-state index in [1.54, 1.807) is 24.5 Å². The van der Waals surface area contributed by atoms with Crippen LogP contribution in [-0.4, -0.2) is 65.8 Å². The summed E-state index contributed by atoms with van der Waals surface area (Å²) in [6, 6.07) is 4.95. The zero-order valence-electron chi connectivity index (χ0n) is 22.6. The van der Waals surface area contributed by atoms with Gasteiger partial charge in [0.2, 0.25) is 0 Å². The lowest BCUT2D eigenvalue weighted by Gasteiger charge is -2.28. The summed E-state index contributed by atoms with van der Waals surface area (Å²) in [5.41, 5.74) is 2.08. The lowest BCUT2D eigenvalue weighted by atomic mass is 9.82. The highest BCUT2D eigenvalue weighted by molar-refractivity contribution is 7.90. The molecule has 2 aliphatic rings. The molecule has 2 fully saturated rings. The molecule has 42 heavy (non-hydrogen) atoms. The van der Waals surface area contributed by atoms with Gasteiger partial charge in [-0.05, 0) is 62.5 Å². The van der Waals surface area contributed by atoms with Crippen molar-refractivity contribution >= 4 is 27.3 Å². The van der Waals surface area contributed by atoms with Crippen molar-refractivity contribution in [3.8, 4) is 22.6 Å². The van der Waals surface area contributed by atoms with E-state index in [4.69, 9.17) is 0 Å². The van der Waals surface area contributed by atoms with E-state index in [1.165, 1.54) is 24.7 Å². The van der Waals surface area contributed by atoms with Crippen molar-refractivity contribution < 1.29 is 22.3 Å². The second-order valence-electron chi connectivity index (χ2n) is 10.8. The smallest absolute Gasteiger partial charge is 0.333 e. The third-order valence-electron chi connectivity index (χ3n) is 7.73. The van der Waals surface area contributed by atoms with Gasteiger partial charge in [-0.2, -0.15) is 23.1 Å². The molecular weight excluding hydrogens is 568 g/mol. The van der Waals surface area contributed by atoms with Gasteiger partial charge in [-0.1, -0.05) is 0 Å². The number of hydrogen-bond donors (Lipinski definition) is 3. The van der Waals surface area contributed by atoms with E-state index in [2.05, 4.69) is 35.8 Å². The molecule has 3 N–H and O–H groups in total. The summed E-state index contributed by atoms with van der Waals surface area (Å²) in [7, 11) is -3.51. The van der Waals surface area contributed by atoms with Crippen LogP contribution in [0.4, 0.5) is 26.1 Å². The summed E-state index contributed by atoms with van der Waals surface area (Å²) >= 11 is 0. The molecule has 0 aliphatic heterocycles. The molecule has 0 saturated heterocycles. The predicted octanol–water partition coefficient (Wildman–Crippen LogP) is 4.29. The highest BCUT2D eigenvalue weighted by atomic mass is 32.2. The van der Waals surface area contributed by atoms with Gasteiger partial charge in [0, 0.05) is 49.1 Å². The number of anilines is 3. The Balaban J connectivity index is 1.22. The van der Waals surface area contributed by atoms with Gasteiger partial charge in [-0.3, -0.25) is 0 Å². The number of pyridine rings is 1. The van der Waals surface area contributed by atoms with E-state index in [1.807, 2.05) is 0 Å². The fraction of sp³-hybridized carbons (Fsp3) is 0.444. The number of rotatable bonds is 11. The Morgan fingerprint density at radius 3 is 2.52 bits per heavy atom. The van der Waals surface area contributed by atoms with Gasteiger partial charge in [-0.25, -0.2) is 28.1 Å². The zero-order valence-corrected chi connectivity index (χ0v) is 23.5. The van der Waals surface area contributed by atoms with Crippen molar-refractivity contribution in [1.82, 2.24) is 33.9 Å². The van der Waals surface area contributed by atoms with Crippen molar-refractivity contribution in [3.63, 3.8) is 0 Å². The molecule has 0 unspecified atom stereocenters. The maximum absolute atomic E-state index is 13.2. The molecule has 0 aromatic carbocycles. The predicted molar refractivity (Wildman–Crippen MR) is 152 cm³/mol. The van der Waals surface area contributed by atoms with Gasteiger partial charge in [0.05, 0.1) is 28.9 Å². The molecule has 0 bridgehead atoms. The van der Waals surface area contributed by atoms with Gasteiger partial charge in [0.25, 0.3) is 10.0 Å². The number of aliphatic hydroxyl groups is 1. The van der Waals surface area contributed by atoms with Crippen LogP contribution in [0.3, 0.4) is 0 Å². The maximum Gasteiger partial charge on any atom is 0.333 e. The Bertz CT molecular complexity index is 1650. The normalized spacial score (nSPS) is 19.2. The SMILES string of the molecule is O=S(=O)(C1CC1)n1cc(-c2nccc(Nc3cc(NCC4CCC(CO)CC4)c(-c4ccn(C(F)F)n4)cn3)n2)cn1. The van der Waals surface area contributed by atoms with Crippen molar-refractivity contribution in [2.45, 2.75) is 50.3 Å². The van der Waals surface area contributed by atoms with E-state index < -0.39 is 21.8 Å². The van der Waals surface area contributed by atoms with E-state index in [9.17, 15) is 22.3 Å². The van der Waals surface area contributed by atoms with Crippen LogP contribution in [0, 0.1) is 11.8 Å². The van der Waals surface area contributed by atoms with Crippen LogP contribution in [0.25, 0.3) is 22.6 Å². The molecule has 0 amide bonds. The van der Waals surface area contributed by atoms with Gasteiger partial charge in [0.1, 0.15) is 11.6 Å². The van der Waals surface area contributed by atoms with Crippen LogP contribution in [0.5, 0.6) is 0 Å². The molecule has 4 aromatic heterocycles. The fourth-order valence-electron chi connectivity index (χ4n) is 5.11. The van der Waals surface area contributed by atoms with Crippen LogP contribution in [0.1, 0.15) is 45.1 Å². The van der Waals surface area contributed by atoms with Crippen LogP contribution in [0.2, 0.25) is 0 Å². The summed E-state index contributed by atoms with van der Waals surface area (Å²) in [6.45, 7) is -1.86. The monoisotopic (exact) mass is 599 g/mol. The number of aromatic nitrogens is 7. The molecule has 0 radical (unpaired) electrons. The lowest BCUT2D eigenvalue weighted by Crippen LogP contribution is -2.23. The van der Waals surface area contributed by atoms with Crippen molar-refractivity contribution in [3.05, 3.63) is 49.2 Å². The quantitative estimate of drug-likeness (QED) is 0.228. The molecular formula is C27H31F2N9O3S. The highest BCUT2D eigenvalue weighted by Crippen LogP contribution is 2.33. The third-order valence-corrected chi connectivity index (χ3v) is 9.77. The summed E-state index contributed by atoms with van der Waals surface area (Å²) in [4.78, 5) is 13.3. The minimum Gasteiger partial charge on any atom is -0.396 e. The van der Waals surface area contributed by atoms with Crippen LogP contribution >= 0.6 is 0 Å². The maximum atomic E-state index is 13.2. The number of nitrogens with zero attached hydrogens (tertiary/aromatic N) is 7. The second kappa shape index (κ2) is 11.7. The van der Waals surface area contributed by atoms with Crippen LogP contribution in [-0.2, 0) is 10.0 Å². The minimum absolute atomic E-state index is 0.211. The molecule has 2 saturated carbocycles. The second-order valence-corrected chi connectivity index (χ2v) is 12.8. The van der Waals surface area contributed by atoms with E-state index in [0.29, 0.717) is 75.9 Å².